The van der Waals surface area contributed by atoms with Gasteiger partial charge in [0.1, 0.15) is 6.04 Å². The zero-order valence-corrected chi connectivity index (χ0v) is 96.5. The molecule has 5 nitrogen and oxygen atoms in total. The zero-order valence-electron chi connectivity index (χ0n) is 95.7. The van der Waals surface area contributed by atoms with Gasteiger partial charge in [0.15, 0.2) is 0 Å². The van der Waals surface area contributed by atoms with E-state index >= 15 is 4.79 Å². The molecule has 1 atom stereocenters. The lowest BCUT2D eigenvalue weighted by Crippen LogP contribution is -2.47. The van der Waals surface area contributed by atoms with Gasteiger partial charge < -0.3 is 15.2 Å². The fourth-order valence-corrected chi connectivity index (χ4v) is 24.0. The van der Waals surface area contributed by atoms with E-state index in [1.54, 1.807) is 7.05 Å². The Morgan fingerprint density at radius 1 is 0.201 bits per heavy atom. The number of rotatable bonds is 35. The van der Waals surface area contributed by atoms with Crippen LogP contribution in [0.15, 0.2) is 273 Å². The SMILES string of the molecule is CNC(=O)[C@H](CSO)NC(=O)c1c(-c2cc(-c3cc(-c4c(C(C)C)cccc4C(C)C)cc(-c4c(C(C)C)cccc4C(C)C)c3)cc(-c3cc(-c4c(C(C)C)cccc4C(C)C)cc(-c4c(C(C)C)cccc4C(C)C)c3)c2)cccc1-c1cc(-c2cc(-c3c(C(C)C)cccc3C(C)C)cc(-c3c(C(C)C)cccc3C(C)C)c2)cc(-c2cc(-c3c(C(C)C)cccc3C(C)C)cc(-c3c(C(C)C)cccc3C(C)C)c2)c1. The van der Waals surface area contributed by atoms with E-state index in [-0.39, 0.29) is 100 Å². The Morgan fingerprint density at radius 2 is 0.329 bits per heavy atom. The maximum Gasteiger partial charge on any atom is 0.253 e. The molecule has 0 unspecified atom stereocenters. The van der Waals surface area contributed by atoms with Crippen LogP contribution in [0.25, 0.3) is 156 Å². The zero-order chi connectivity index (χ0) is 108. The van der Waals surface area contributed by atoms with Crippen molar-refractivity contribution in [2.24, 2.45) is 0 Å². The van der Waals surface area contributed by atoms with Gasteiger partial charge in [-0.05, 0) is 461 Å². The lowest BCUT2D eigenvalue weighted by molar-refractivity contribution is -0.122. The Balaban J connectivity index is 1.18. The average molecular weight is 1990 g/mol. The van der Waals surface area contributed by atoms with E-state index < -0.39 is 17.9 Å². The summed E-state index contributed by atoms with van der Waals surface area (Å²) in [5, 5.41) is 6.30. The van der Waals surface area contributed by atoms with Crippen LogP contribution in [0.1, 0.15) is 416 Å². The molecule has 6 heteroatoms. The second-order valence-corrected chi connectivity index (χ2v) is 48.0. The van der Waals surface area contributed by atoms with Crippen molar-refractivity contribution in [3.63, 3.8) is 0 Å². The molecule has 15 aromatic carbocycles. The third-order valence-electron chi connectivity index (χ3n) is 31.2. The molecule has 15 rings (SSSR count). The van der Waals surface area contributed by atoms with Crippen LogP contribution in [-0.4, -0.2) is 35.2 Å². The van der Waals surface area contributed by atoms with Crippen LogP contribution >= 0.6 is 12.0 Å². The standard InChI is InChI=1S/C143H166N2O3S/c1-80(2)114-43-34-44-115(81(3)4)133(114)106-67-100(68-107(75-106)134-116(82(5)6)45-35-46-117(134)83(7)8)96-61-97(101-69-108(135-118(84(9)10)47-36-48-119(135)85(11)12)76-109(70-101)136-120(86(13)14)49-37-50-121(136)87(15)16)64-104(63-96)130-59-42-60-131(141(130)143(147)145-132(79-149-148)142(146)144-33)105-65-98(102-71-110(137-122(88(17)18)51-38-52-123(137)89(19)20)77-111(72-102)138-124(90(21)22)53-39-54-125(138)91(23)24)62-99(66-105)103-73-112(139-126(92(25)26)55-40-56-127(139)93(27)28)78-113(74-103)140-128(94(29)30)57-41-58-129(140)95(31)32/h34-78,80-95,132,148H,79H2,1-33H3,(H,144,146)(H,145,147)/t132-/m0/s1. The van der Waals surface area contributed by atoms with Gasteiger partial charge in [0.05, 0.1) is 5.56 Å². The Hall–Kier alpha value is -12.5. The number of nitrogens with one attached hydrogen (secondary N) is 2. The van der Waals surface area contributed by atoms with Gasteiger partial charge in [-0.25, -0.2) is 0 Å². The van der Waals surface area contributed by atoms with Gasteiger partial charge in [-0.1, -0.05) is 385 Å². The minimum atomic E-state index is -1.16. The van der Waals surface area contributed by atoms with Crippen molar-refractivity contribution in [1.29, 1.82) is 0 Å². The van der Waals surface area contributed by atoms with Crippen LogP contribution in [0.3, 0.4) is 0 Å². The highest BCUT2D eigenvalue weighted by Crippen LogP contribution is 2.54. The van der Waals surface area contributed by atoms with Gasteiger partial charge in [0, 0.05) is 12.8 Å². The molecule has 2 amide bonds. The fourth-order valence-electron chi connectivity index (χ4n) is 23.6. The van der Waals surface area contributed by atoms with E-state index in [1.165, 1.54) is 134 Å². The van der Waals surface area contributed by atoms with Crippen molar-refractivity contribution >= 4 is 23.9 Å². The molecule has 772 valence electrons. The molecule has 0 aliphatic heterocycles. The van der Waals surface area contributed by atoms with Gasteiger partial charge in [-0.3, -0.25) is 9.59 Å². The van der Waals surface area contributed by atoms with E-state index in [1.807, 2.05) is 0 Å². The topological polar surface area (TPSA) is 78.4 Å². The predicted molar refractivity (Wildman–Crippen MR) is 648 cm³/mol. The number of carbonyl (C=O) groups excluding carboxylic acids is 2. The van der Waals surface area contributed by atoms with Crippen LogP contribution in [0.4, 0.5) is 0 Å². The van der Waals surface area contributed by atoms with Gasteiger partial charge in [0.25, 0.3) is 5.91 Å². The fraction of sp³-hybridized carbons (Fsp3) is 0.357. The molecular weight excluding hydrogens is 1830 g/mol. The first-order chi connectivity index (χ1) is 70.9. The van der Waals surface area contributed by atoms with E-state index in [9.17, 15) is 9.35 Å². The normalized spacial score (nSPS) is 12.3. The first-order valence-corrected chi connectivity index (χ1v) is 56.7. The smallest absolute Gasteiger partial charge is 0.253 e. The first kappa shape index (κ1) is 111. The van der Waals surface area contributed by atoms with Crippen molar-refractivity contribution in [1.82, 2.24) is 10.6 Å². The highest BCUT2D eigenvalue weighted by molar-refractivity contribution is 7.93. The van der Waals surface area contributed by atoms with Crippen LogP contribution < -0.4 is 10.6 Å². The Morgan fingerprint density at radius 3 is 0.463 bits per heavy atom. The van der Waals surface area contributed by atoms with Gasteiger partial charge in [0.2, 0.25) is 5.91 Å². The first-order valence-electron chi connectivity index (χ1n) is 55.8. The molecule has 0 saturated heterocycles. The molecule has 15 aromatic rings. The summed E-state index contributed by atoms with van der Waals surface area (Å²) in [7, 11) is 1.60. The van der Waals surface area contributed by atoms with Gasteiger partial charge >= 0.3 is 0 Å². The molecule has 3 N–H and O–H groups in total. The summed E-state index contributed by atoms with van der Waals surface area (Å²) in [5.41, 5.74) is 51.2. The van der Waals surface area contributed by atoms with Crippen molar-refractivity contribution in [2.75, 3.05) is 12.8 Å². The maximum absolute atomic E-state index is 17.8. The molecule has 0 radical (unpaired) electrons. The second kappa shape index (κ2) is 47.0. The molecule has 0 aliphatic carbocycles. The summed E-state index contributed by atoms with van der Waals surface area (Å²) in [5.74, 6) is 2.09. The summed E-state index contributed by atoms with van der Waals surface area (Å²) in [4.78, 5) is 32.7. The Labute approximate surface area is 900 Å². The van der Waals surface area contributed by atoms with Crippen LogP contribution in [0, 0.1) is 0 Å². The number of likely N-dealkylation sites (N-methyl/N-ethyl adjacent to an activating group) is 1. The average Bonchev–Trinajstić information content (AvgIpc) is 0.754. The molecule has 0 bridgehead atoms. The van der Waals surface area contributed by atoms with Crippen LogP contribution in [0.2, 0.25) is 0 Å². The summed E-state index contributed by atoms with van der Waals surface area (Å²) >= 11 is 0.547. The van der Waals surface area contributed by atoms with E-state index in [0.29, 0.717) is 28.7 Å². The molecule has 149 heavy (non-hydrogen) atoms. The molecule has 0 heterocycles. The molecule has 0 saturated carbocycles. The highest BCUT2D eigenvalue weighted by atomic mass is 32.2. The minimum absolute atomic E-state index is 0.113. The second-order valence-electron chi connectivity index (χ2n) is 47.4. The largest absolute Gasteiger partial charge is 0.357 e. The lowest BCUT2D eigenvalue weighted by Gasteiger charge is -2.25. The van der Waals surface area contributed by atoms with E-state index in [4.69, 9.17) is 0 Å². The van der Waals surface area contributed by atoms with Gasteiger partial charge in [-0.2, -0.15) is 0 Å². The third-order valence-corrected chi connectivity index (χ3v) is 31.7. The number of amides is 2. The summed E-state index contributed by atoms with van der Waals surface area (Å²) in [6.45, 7) is 74.7. The summed E-state index contributed by atoms with van der Waals surface area (Å²) in [6.07, 6.45) is 0. The van der Waals surface area contributed by atoms with Crippen molar-refractivity contribution in [3.05, 3.63) is 368 Å². The van der Waals surface area contributed by atoms with Crippen molar-refractivity contribution in [3.8, 4) is 156 Å². The number of benzene rings is 15. The molecule has 0 spiro atoms. The predicted octanol–water partition coefficient (Wildman–Crippen LogP) is 42.0. The molecule has 0 fully saturated rings. The monoisotopic (exact) mass is 1990 g/mol. The quantitative estimate of drug-likeness (QED) is 0.0346. The van der Waals surface area contributed by atoms with E-state index in [0.717, 1.165) is 100 Å². The number of hydrogen-bond acceptors (Lipinski definition) is 4. The van der Waals surface area contributed by atoms with Crippen molar-refractivity contribution < 1.29 is 14.1 Å². The third kappa shape index (κ3) is 23.2. The number of carbonyl (C=O) groups is 2. The van der Waals surface area contributed by atoms with Crippen LogP contribution in [-0.2, 0) is 4.79 Å². The molecule has 0 aliphatic rings. The summed E-state index contributed by atoms with van der Waals surface area (Å²) < 4.78 is 11.2. The maximum atomic E-state index is 17.8. The Bertz CT molecular complexity index is 6090. The molecular formula is C143H166N2O3S. The van der Waals surface area contributed by atoms with E-state index in [2.05, 4.69) is 505 Å². The minimum Gasteiger partial charge on any atom is -0.357 e. The summed E-state index contributed by atoms with van der Waals surface area (Å²) in [6, 6.07) is 105. The Kier molecular flexibility index (Phi) is 34.9. The van der Waals surface area contributed by atoms with Crippen molar-refractivity contribution in [2.45, 2.75) is 322 Å². The molecule has 0 aromatic heterocycles. The highest BCUT2D eigenvalue weighted by Gasteiger charge is 2.33. The number of hydrogen-bond donors (Lipinski definition) is 3. The van der Waals surface area contributed by atoms with Crippen LogP contribution in [0.5, 0.6) is 0 Å². The van der Waals surface area contributed by atoms with Gasteiger partial charge in [-0.15, -0.1) is 0 Å². The lowest BCUT2D eigenvalue weighted by atomic mass is 9.79.